The summed E-state index contributed by atoms with van der Waals surface area (Å²) in [4.78, 5) is 19.2. The normalized spacial score (nSPS) is 11.5. The molecule has 0 aromatic carbocycles. The molecule has 0 aliphatic carbocycles. The van der Waals surface area contributed by atoms with Gasteiger partial charge in [-0.25, -0.2) is 4.98 Å². The number of hydrogen-bond acceptors (Lipinski definition) is 3. The predicted molar refractivity (Wildman–Crippen MR) is 71.7 cm³/mol. The number of nitrogens with zero attached hydrogens (tertiary/aromatic N) is 1. The first kappa shape index (κ1) is 14.7. The largest absolute Gasteiger partial charge is 0.350 e. The lowest BCUT2D eigenvalue weighted by atomic mass is 9.78. The fourth-order valence-electron chi connectivity index (χ4n) is 2.35. The highest BCUT2D eigenvalue weighted by Gasteiger charge is 2.34. The van der Waals surface area contributed by atoms with Gasteiger partial charge < -0.3 is 16.0 Å². The highest BCUT2D eigenvalue weighted by atomic mass is 16.2. The molecule has 0 radical (unpaired) electrons. The van der Waals surface area contributed by atoms with E-state index < -0.39 is 5.41 Å². The Morgan fingerprint density at radius 3 is 2.56 bits per heavy atom. The number of aromatic nitrogens is 2. The van der Waals surface area contributed by atoms with Crippen molar-refractivity contribution in [3.05, 3.63) is 18.2 Å². The van der Waals surface area contributed by atoms with Gasteiger partial charge in [-0.2, -0.15) is 0 Å². The van der Waals surface area contributed by atoms with Gasteiger partial charge in [-0.3, -0.25) is 4.79 Å². The molecule has 0 atom stereocenters. The number of imidazole rings is 1. The second kappa shape index (κ2) is 7.16. The molecule has 0 fully saturated rings. The Bertz CT molecular complexity index is 342. The average Bonchev–Trinajstić information content (AvgIpc) is 2.88. The topological polar surface area (TPSA) is 83.8 Å². The van der Waals surface area contributed by atoms with E-state index in [4.69, 9.17) is 5.73 Å². The number of nitrogens with one attached hydrogen (secondary N) is 2. The van der Waals surface area contributed by atoms with Crippen LogP contribution in [0.4, 0.5) is 0 Å². The first-order chi connectivity index (χ1) is 8.68. The van der Waals surface area contributed by atoms with Gasteiger partial charge >= 0.3 is 0 Å². The molecule has 1 aromatic heterocycles. The van der Waals surface area contributed by atoms with Gasteiger partial charge in [-0.05, 0) is 12.8 Å². The summed E-state index contributed by atoms with van der Waals surface area (Å²) < 4.78 is 0. The van der Waals surface area contributed by atoms with E-state index >= 15 is 0 Å². The number of amides is 1. The van der Waals surface area contributed by atoms with Gasteiger partial charge in [0, 0.05) is 12.7 Å². The molecule has 0 saturated carbocycles. The van der Waals surface area contributed by atoms with Crippen LogP contribution in [0.15, 0.2) is 12.5 Å². The minimum absolute atomic E-state index is 0.0586. The van der Waals surface area contributed by atoms with Crippen LogP contribution in [0.25, 0.3) is 0 Å². The first-order valence-electron chi connectivity index (χ1n) is 6.64. The van der Waals surface area contributed by atoms with Crippen LogP contribution in [-0.4, -0.2) is 22.4 Å². The number of H-pyrrole nitrogens is 1. The molecule has 0 aliphatic rings. The molecule has 1 heterocycles. The first-order valence-corrected chi connectivity index (χ1v) is 6.64. The molecule has 0 saturated heterocycles. The molecule has 5 heteroatoms. The maximum atomic E-state index is 12.3. The lowest BCUT2D eigenvalue weighted by Gasteiger charge is -2.30. The van der Waals surface area contributed by atoms with Crippen molar-refractivity contribution in [1.82, 2.24) is 15.3 Å². The van der Waals surface area contributed by atoms with Crippen LogP contribution in [0.3, 0.4) is 0 Å². The summed E-state index contributed by atoms with van der Waals surface area (Å²) in [7, 11) is 0. The van der Waals surface area contributed by atoms with E-state index in [1.807, 2.05) is 0 Å². The zero-order valence-corrected chi connectivity index (χ0v) is 11.3. The number of aromatic amines is 1. The van der Waals surface area contributed by atoms with Crippen molar-refractivity contribution < 1.29 is 4.79 Å². The maximum Gasteiger partial charge on any atom is 0.227 e. The molecular weight excluding hydrogens is 228 g/mol. The molecule has 0 unspecified atom stereocenters. The highest BCUT2D eigenvalue weighted by Crippen LogP contribution is 2.29. The molecule has 1 rings (SSSR count). The van der Waals surface area contributed by atoms with Crippen LogP contribution in [0.5, 0.6) is 0 Å². The molecule has 102 valence electrons. The van der Waals surface area contributed by atoms with E-state index in [2.05, 4.69) is 29.1 Å². The summed E-state index contributed by atoms with van der Waals surface area (Å²) in [5.41, 5.74) is 6.34. The minimum atomic E-state index is -0.413. The Kier molecular flexibility index (Phi) is 5.85. The summed E-state index contributed by atoms with van der Waals surface area (Å²) in [6.45, 7) is 5.06. The summed E-state index contributed by atoms with van der Waals surface area (Å²) >= 11 is 0. The summed E-state index contributed by atoms with van der Waals surface area (Å²) in [5, 5.41) is 2.96. The van der Waals surface area contributed by atoms with Gasteiger partial charge in [0.25, 0.3) is 0 Å². The average molecular weight is 252 g/mol. The fraction of sp³-hybridized carbons (Fsp3) is 0.692. The molecule has 0 spiro atoms. The van der Waals surface area contributed by atoms with Crippen molar-refractivity contribution in [2.24, 2.45) is 11.1 Å². The highest BCUT2D eigenvalue weighted by molar-refractivity contribution is 5.82. The van der Waals surface area contributed by atoms with Crippen LogP contribution >= 0.6 is 0 Å². The Hall–Kier alpha value is -1.36. The van der Waals surface area contributed by atoms with E-state index in [0.717, 1.165) is 31.4 Å². The van der Waals surface area contributed by atoms with Gasteiger partial charge in [0.15, 0.2) is 0 Å². The third-order valence-corrected chi connectivity index (χ3v) is 3.32. The van der Waals surface area contributed by atoms with E-state index in [1.54, 1.807) is 12.5 Å². The Balaban J connectivity index is 2.63. The predicted octanol–water partition coefficient (Wildman–Crippen LogP) is 1.57. The molecule has 1 amide bonds. The van der Waals surface area contributed by atoms with Crippen LogP contribution in [0.1, 0.15) is 45.2 Å². The molecule has 1 aromatic rings. The Morgan fingerprint density at radius 1 is 1.44 bits per heavy atom. The van der Waals surface area contributed by atoms with E-state index in [1.165, 1.54) is 0 Å². The quantitative estimate of drug-likeness (QED) is 0.656. The zero-order chi connectivity index (χ0) is 13.4. The molecule has 4 N–H and O–H groups in total. The van der Waals surface area contributed by atoms with E-state index in [-0.39, 0.29) is 5.91 Å². The number of carbonyl (C=O) groups excluding carboxylic acids is 1. The molecule has 5 nitrogen and oxygen atoms in total. The van der Waals surface area contributed by atoms with Gasteiger partial charge in [0.2, 0.25) is 5.91 Å². The second-order valence-electron chi connectivity index (χ2n) is 4.74. The Morgan fingerprint density at radius 2 is 2.11 bits per heavy atom. The summed E-state index contributed by atoms with van der Waals surface area (Å²) in [6, 6.07) is 0. The number of carbonyl (C=O) groups is 1. The standard InChI is InChI=1S/C13H24N4O/c1-3-5-13(9-14,6-4-2)12(18)16-8-11-7-15-10-17-11/h7,10H,3-6,8-9,14H2,1-2H3,(H,15,17)(H,16,18). The molecule has 0 bridgehead atoms. The van der Waals surface area contributed by atoms with E-state index in [0.29, 0.717) is 13.1 Å². The number of rotatable bonds is 8. The van der Waals surface area contributed by atoms with Crippen molar-refractivity contribution in [2.75, 3.05) is 6.54 Å². The van der Waals surface area contributed by atoms with Crippen LogP contribution in [0.2, 0.25) is 0 Å². The van der Waals surface area contributed by atoms with Crippen LogP contribution < -0.4 is 11.1 Å². The van der Waals surface area contributed by atoms with E-state index in [9.17, 15) is 4.79 Å². The summed E-state index contributed by atoms with van der Waals surface area (Å²) in [6.07, 6.45) is 6.93. The van der Waals surface area contributed by atoms with Crippen molar-refractivity contribution in [3.8, 4) is 0 Å². The zero-order valence-electron chi connectivity index (χ0n) is 11.3. The fourth-order valence-corrected chi connectivity index (χ4v) is 2.35. The molecule has 18 heavy (non-hydrogen) atoms. The van der Waals surface area contributed by atoms with Gasteiger partial charge in [-0.15, -0.1) is 0 Å². The number of hydrogen-bond donors (Lipinski definition) is 3. The maximum absolute atomic E-state index is 12.3. The summed E-state index contributed by atoms with van der Waals surface area (Å²) in [5.74, 6) is 0.0586. The molecular formula is C13H24N4O. The van der Waals surface area contributed by atoms with Crippen LogP contribution in [-0.2, 0) is 11.3 Å². The third-order valence-electron chi connectivity index (χ3n) is 3.32. The number of nitrogens with two attached hydrogens (primary N) is 1. The van der Waals surface area contributed by atoms with Gasteiger partial charge in [0.05, 0.1) is 24.0 Å². The SMILES string of the molecule is CCCC(CN)(CCC)C(=O)NCc1cnc[nH]1. The van der Waals surface area contributed by atoms with Gasteiger partial charge in [-0.1, -0.05) is 26.7 Å². The van der Waals surface area contributed by atoms with Gasteiger partial charge in [0.1, 0.15) is 0 Å². The van der Waals surface area contributed by atoms with Crippen molar-refractivity contribution in [3.63, 3.8) is 0 Å². The van der Waals surface area contributed by atoms with Crippen LogP contribution in [0, 0.1) is 5.41 Å². The smallest absolute Gasteiger partial charge is 0.227 e. The van der Waals surface area contributed by atoms with Crippen molar-refractivity contribution >= 4 is 5.91 Å². The molecule has 0 aliphatic heterocycles. The lowest BCUT2D eigenvalue weighted by molar-refractivity contribution is -0.131. The van der Waals surface area contributed by atoms with Crippen molar-refractivity contribution in [2.45, 2.75) is 46.1 Å². The minimum Gasteiger partial charge on any atom is -0.350 e. The monoisotopic (exact) mass is 252 g/mol. The third kappa shape index (κ3) is 3.57. The Labute approximate surface area is 109 Å². The lowest BCUT2D eigenvalue weighted by Crippen LogP contribution is -2.45. The van der Waals surface area contributed by atoms with Crippen molar-refractivity contribution in [1.29, 1.82) is 0 Å². The second-order valence-corrected chi connectivity index (χ2v) is 4.74.